The summed E-state index contributed by atoms with van der Waals surface area (Å²) in [4.78, 5) is 7.03. The van der Waals surface area contributed by atoms with Crippen LogP contribution in [0.3, 0.4) is 0 Å². The van der Waals surface area contributed by atoms with Gasteiger partial charge in [-0.3, -0.25) is 0 Å². The van der Waals surface area contributed by atoms with Gasteiger partial charge in [-0.1, -0.05) is 6.92 Å². The van der Waals surface area contributed by atoms with Crippen LogP contribution < -0.4 is 10.0 Å². The second-order valence-corrected chi connectivity index (χ2v) is 6.47. The van der Waals surface area contributed by atoms with Crippen LogP contribution in [-0.4, -0.2) is 36.7 Å². The van der Waals surface area contributed by atoms with Crippen LogP contribution in [0.1, 0.15) is 38.1 Å². The number of aromatic nitrogens is 2. The molecule has 0 radical (unpaired) electrons. The van der Waals surface area contributed by atoms with Gasteiger partial charge in [0.15, 0.2) is 0 Å². The maximum absolute atomic E-state index is 11.9. The molecule has 0 aromatic carbocycles. The summed E-state index contributed by atoms with van der Waals surface area (Å²) >= 11 is 0. The van der Waals surface area contributed by atoms with Crippen LogP contribution >= 0.6 is 0 Å². The lowest BCUT2D eigenvalue weighted by atomic mass is 10.2. The standard InChI is InChI=1S/C11H20N4O2S/c1-2-10(11-13-5-6-14-11)15-18(16,17)8-7-12-9-3-4-9/h5-6,9-10,12,15H,2-4,7-8H2,1H3,(H,13,14). The minimum absolute atomic E-state index is 0.112. The third-order valence-corrected chi connectivity index (χ3v) is 4.35. The van der Waals surface area contributed by atoms with Gasteiger partial charge in [0.25, 0.3) is 0 Å². The Balaban J connectivity index is 1.84. The van der Waals surface area contributed by atoms with Crippen molar-refractivity contribution in [2.45, 2.75) is 38.3 Å². The predicted molar refractivity (Wildman–Crippen MR) is 69.6 cm³/mol. The Hall–Kier alpha value is -0.920. The fraction of sp³-hybridized carbons (Fsp3) is 0.727. The molecule has 1 aliphatic carbocycles. The van der Waals surface area contributed by atoms with Crippen molar-refractivity contribution >= 4 is 10.0 Å². The summed E-state index contributed by atoms with van der Waals surface area (Å²) in [7, 11) is -3.26. The maximum Gasteiger partial charge on any atom is 0.213 e. The van der Waals surface area contributed by atoms with E-state index in [0.29, 0.717) is 24.8 Å². The average molecular weight is 272 g/mol. The summed E-state index contributed by atoms with van der Waals surface area (Å²) in [5.74, 6) is 0.775. The van der Waals surface area contributed by atoms with E-state index in [-0.39, 0.29) is 11.8 Å². The zero-order valence-corrected chi connectivity index (χ0v) is 11.3. The van der Waals surface area contributed by atoms with E-state index in [1.54, 1.807) is 12.4 Å². The highest BCUT2D eigenvalue weighted by Crippen LogP contribution is 2.18. The molecule has 7 heteroatoms. The van der Waals surface area contributed by atoms with Gasteiger partial charge in [-0.25, -0.2) is 18.1 Å². The molecule has 1 saturated carbocycles. The average Bonchev–Trinajstić information content (AvgIpc) is 2.98. The van der Waals surface area contributed by atoms with Gasteiger partial charge in [0, 0.05) is 25.0 Å². The summed E-state index contributed by atoms with van der Waals surface area (Å²) in [5.41, 5.74) is 0. The van der Waals surface area contributed by atoms with E-state index in [2.05, 4.69) is 20.0 Å². The smallest absolute Gasteiger partial charge is 0.213 e. The molecule has 0 aliphatic heterocycles. The molecule has 102 valence electrons. The fourth-order valence-corrected chi connectivity index (χ4v) is 2.98. The third-order valence-electron chi connectivity index (χ3n) is 2.96. The molecular weight excluding hydrogens is 252 g/mol. The van der Waals surface area contributed by atoms with Gasteiger partial charge in [-0.15, -0.1) is 0 Å². The van der Waals surface area contributed by atoms with Gasteiger partial charge in [0.1, 0.15) is 5.82 Å². The van der Waals surface area contributed by atoms with E-state index in [1.165, 1.54) is 0 Å². The van der Waals surface area contributed by atoms with Crippen LogP contribution in [0.5, 0.6) is 0 Å². The molecule has 0 amide bonds. The number of hydrogen-bond donors (Lipinski definition) is 3. The molecule has 6 nitrogen and oxygen atoms in total. The molecule has 1 aromatic heterocycles. The van der Waals surface area contributed by atoms with E-state index in [4.69, 9.17) is 0 Å². The van der Waals surface area contributed by atoms with Crippen LogP contribution in [0.4, 0.5) is 0 Å². The molecule has 0 saturated heterocycles. The van der Waals surface area contributed by atoms with E-state index >= 15 is 0 Å². The van der Waals surface area contributed by atoms with Crippen molar-refractivity contribution in [1.82, 2.24) is 20.0 Å². The number of sulfonamides is 1. The molecule has 0 bridgehead atoms. The number of imidazole rings is 1. The topological polar surface area (TPSA) is 86.9 Å². The third kappa shape index (κ3) is 4.08. The Morgan fingerprint density at radius 1 is 1.56 bits per heavy atom. The number of aromatic amines is 1. The second-order valence-electron chi connectivity index (χ2n) is 4.60. The molecule has 1 atom stereocenters. The monoisotopic (exact) mass is 272 g/mol. The van der Waals surface area contributed by atoms with Crippen LogP contribution in [0.2, 0.25) is 0 Å². The summed E-state index contributed by atoms with van der Waals surface area (Å²) in [5, 5.41) is 3.20. The van der Waals surface area contributed by atoms with Crippen LogP contribution in [0.25, 0.3) is 0 Å². The normalized spacial score (nSPS) is 17.8. The van der Waals surface area contributed by atoms with Crippen LogP contribution in [-0.2, 0) is 10.0 Å². The highest BCUT2D eigenvalue weighted by molar-refractivity contribution is 7.89. The minimum Gasteiger partial charge on any atom is -0.347 e. The summed E-state index contributed by atoms with van der Waals surface area (Å²) in [6.45, 7) is 2.44. The molecule has 1 aliphatic rings. The lowest BCUT2D eigenvalue weighted by molar-refractivity contribution is 0.536. The number of nitrogens with zero attached hydrogens (tertiary/aromatic N) is 1. The zero-order chi connectivity index (χ0) is 13.0. The first-order valence-electron chi connectivity index (χ1n) is 6.33. The Bertz CT molecular complexity index is 453. The largest absolute Gasteiger partial charge is 0.347 e. The molecule has 1 fully saturated rings. The van der Waals surface area contributed by atoms with Gasteiger partial charge >= 0.3 is 0 Å². The van der Waals surface area contributed by atoms with Crippen molar-refractivity contribution in [3.63, 3.8) is 0 Å². The molecule has 0 spiro atoms. The second kappa shape index (κ2) is 5.81. The Labute approximate surface area is 108 Å². The Morgan fingerprint density at radius 2 is 2.33 bits per heavy atom. The first kappa shape index (κ1) is 13.5. The molecule has 18 heavy (non-hydrogen) atoms. The van der Waals surface area contributed by atoms with Crippen molar-refractivity contribution in [3.8, 4) is 0 Å². The Kier molecular flexibility index (Phi) is 4.36. The van der Waals surface area contributed by atoms with E-state index < -0.39 is 10.0 Å². The number of hydrogen-bond acceptors (Lipinski definition) is 4. The van der Waals surface area contributed by atoms with Gasteiger partial charge in [0.2, 0.25) is 10.0 Å². The van der Waals surface area contributed by atoms with Crippen molar-refractivity contribution in [3.05, 3.63) is 18.2 Å². The summed E-state index contributed by atoms with van der Waals surface area (Å²) in [6.07, 6.45) is 6.32. The van der Waals surface area contributed by atoms with Crippen molar-refractivity contribution < 1.29 is 8.42 Å². The van der Waals surface area contributed by atoms with Gasteiger partial charge in [0.05, 0.1) is 11.8 Å². The van der Waals surface area contributed by atoms with Gasteiger partial charge in [-0.05, 0) is 19.3 Å². The fourth-order valence-electron chi connectivity index (χ4n) is 1.76. The molecule has 3 N–H and O–H groups in total. The van der Waals surface area contributed by atoms with Gasteiger partial charge in [-0.2, -0.15) is 0 Å². The van der Waals surface area contributed by atoms with Gasteiger partial charge < -0.3 is 10.3 Å². The molecular formula is C11H20N4O2S. The Morgan fingerprint density at radius 3 is 2.89 bits per heavy atom. The summed E-state index contributed by atoms with van der Waals surface area (Å²) in [6, 6.07) is 0.262. The quantitative estimate of drug-likeness (QED) is 0.644. The lowest BCUT2D eigenvalue weighted by Crippen LogP contribution is -2.35. The zero-order valence-electron chi connectivity index (χ0n) is 10.5. The van der Waals surface area contributed by atoms with Crippen molar-refractivity contribution in [1.29, 1.82) is 0 Å². The lowest BCUT2D eigenvalue weighted by Gasteiger charge is -2.15. The summed E-state index contributed by atoms with van der Waals surface area (Å²) < 4.78 is 26.5. The van der Waals surface area contributed by atoms with E-state index in [9.17, 15) is 8.42 Å². The van der Waals surface area contributed by atoms with Crippen molar-refractivity contribution in [2.75, 3.05) is 12.3 Å². The SMILES string of the molecule is CCC(NS(=O)(=O)CCNC1CC1)c1ncc[nH]1. The number of nitrogens with one attached hydrogen (secondary N) is 3. The minimum atomic E-state index is -3.26. The van der Waals surface area contributed by atoms with Crippen molar-refractivity contribution in [2.24, 2.45) is 0 Å². The molecule has 1 aromatic rings. The van der Waals surface area contributed by atoms with Crippen LogP contribution in [0, 0.1) is 0 Å². The van der Waals surface area contributed by atoms with E-state index in [0.717, 1.165) is 12.8 Å². The predicted octanol–water partition coefficient (Wildman–Crippen LogP) is 0.532. The maximum atomic E-state index is 11.9. The molecule has 2 rings (SSSR count). The van der Waals surface area contributed by atoms with E-state index in [1.807, 2.05) is 6.92 Å². The van der Waals surface area contributed by atoms with Crippen LogP contribution in [0.15, 0.2) is 12.4 Å². The molecule has 1 heterocycles. The number of H-pyrrole nitrogens is 1. The first-order valence-corrected chi connectivity index (χ1v) is 7.98. The highest BCUT2D eigenvalue weighted by Gasteiger charge is 2.23. The number of rotatable bonds is 8. The first-order chi connectivity index (χ1) is 8.61. The molecule has 1 unspecified atom stereocenters. The highest BCUT2D eigenvalue weighted by atomic mass is 32.2.